The maximum absolute atomic E-state index is 16.1. The predicted octanol–water partition coefficient (Wildman–Crippen LogP) is 6.64. The van der Waals surface area contributed by atoms with Gasteiger partial charge in [0.15, 0.2) is 4.58 Å². The standard InChI is InChI=1S/C38H50F4O10S2/c39-37(40,32(44)51-35-15-24-6-25(16-35)8-26(7-24)17-35)53(46,47)31(2-1-30(43)50-34-12-21-3-22(13-34)5-23(4-21)14-34)54(48,49)38(41,42)33(45)52-36-18-27-9-28(19-36)11-29(10-27)20-36/h21-29,31H,1-20H2. The lowest BCUT2D eigenvalue weighted by Crippen LogP contribution is -2.58. The molecule has 12 bridgehead atoms. The number of ether oxygens (including phenoxy) is 3. The van der Waals surface area contributed by atoms with Crippen molar-refractivity contribution >= 4 is 37.6 Å². The Bertz CT molecular complexity index is 1620. The minimum atomic E-state index is -6.75. The lowest BCUT2D eigenvalue weighted by atomic mass is 9.54. The van der Waals surface area contributed by atoms with Crippen molar-refractivity contribution in [2.75, 3.05) is 0 Å². The Morgan fingerprint density at radius 3 is 0.981 bits per heavy atom. The van der Waals surface area contributed by atoms with E-state index < -0.39 is 82.3 Å². The topological polar surface area (TPSA) is 147 Å². The first-order valence-electron chi connectivity index (χ1n) is 20.1. The van der Waals surface area contributed by atoms with E-state index in [1.54, 1.807) is 0 Å². The van der Waals surface area contributed by atoms with E-state index in [4.69, 9.17) is 14.2 Å². The van der Waals surface area contributed by atoms with Crippen LogP contribution in [0, 0.1) is 53.3 Å². The van der Waals surface area contributed by atoms with E-state index in [9.17, 15) is 31.2 Å². The van der Waals surface area contributed by atoms with E-state index in [2.05, 4.69) is 0 Å². The van der Waals surface area contributed by atoms with Crippen LogP contribution in [0.3, 0.4) is 0 Å². The highest BCUT2D eigenvalue weighted by molar-refractivity contribution is 8.10. The van der Waals surface area contributed by atoms with Crippen LogP contribution in [0.2, 0.25) is 0 Å². The molecule has 0 heterocycles. The van der Waals surface area contributed by atoms with Gasteiger partial charge in [-0.3, -0.25) is 4.79 Å². The monoisotopic (exact) mass is 806 g/mol. The summed E-state index contributed by atoms with van der Waals surface area (Å²) in [6, 6.07) is 0. The third kappa shape index (κ3) is 6.05. The van der Waals surface area contributed by atoms with E-state index in [0.717, 1.165) is 57.8 Å². The molecule has 0 N–H and O–H groups in total. The fourth-order valence-electron chi connectivity index (χ4n) is 14.5. The summed E-state index contributed by atoms with van der Waals surface area (Å²) in [4.78, 5) is 39.8. The fourth-order valence-corrected chi connectivity index (χ4v) is 18.7. The molecule has 0 aromatic heterocycles. The minimum absolute atomic E-state index is 0.0982. The van der Waals surface area contributed by atoms with E-state index >= 15 is 17.6 Å². The van der Waals surface area contributed by atoms with Crippen LogP contribution in [0.25, 0.3) is 0 Å². The molecule has 0 aromatic carbocycles. The van der Waals surface area contributed by atoms with Crippen molar-refractivity contribution in [3.8, 4) is 0 Å². The number of hydrogen-bond acceptors (Lipinski definition) is 10. The summed E-state index contributed by atoms with van der Waals surface area (Å²) in [5.41, 5.74) is -3.62. The SMILES string of the molecule is O=C(CCC(S(=O)(=O)C(F)(F)C(=O)OC12CC3CC(CC(C3)C1)C2)S(=O)(=O)C(F)(F)C(=O)OC12CC3CC(CC(C3)C1)C2)OC12CC3CC(CC(C3)C1)C2. The smallest absolute Gasteiger partial charge is 0.441 e. The van der Waals surface area contributed by atoms with Crippen LogP contribution < -0.4 is 0 Å². The molecular weight excluding hydrogens is 757 g/mol. The molecule has 0 spiro atoms. The molecule has 0 aliphatic heterocycles. The number of carbonyl (C=O) groups is 3. The first kappa shape index (κ1) is 37.6. The highest BCUT2D eigenvalue weighted by Crippen LogP contribution is 2.60. The van der Waals surface area contributed by atoms with Gasteiger partial charge in [-0.15, -0.1) is 0 Å². The summed E-state index contributed by atoms with van der Waals surface area (Å²) in [7, 11) is -13.5. The van der Waals surface area contributed by atoms with Gasteiger partial charge < -0.3 is 14.2 Å². The molecular formula is C38H50F4O10S2. The molecule has 0 radical (unpaired) electrons. The molecule has 0 aromatic rings. The summed E-state index contributed by atoms with van der Waals surface area (Å²) in [6.07, 6.45) is 8.33. The average Bonchev–Trinajstić information content (AvgIpc) is 3.01. The van der Waals surface area contributed by atoms with Crippen molar-refractivity contribution in [3.05, 3.63) is 0 Å². The van der Waals surface area contributed by atoms with Gasteiger partial charge in [0.1, 0.15) is 16.8 Å². The first-order chi connectivity index (χ1) is 25.2. The van der Waals surface area contributed by atoms with Gasteiger partial charge in [0.05, 0.1) is 0 Å². The van der Waals surface area contributed by atoms with Crippen molar-refractivity contribution in [2.24, 2.45) is 53.3 Å². The minimum Gasteiger partial charge on any atom is -0.459 e. The number of halogens is 4. The Morgan fingerprint density at radius 2 is 0.722 bits per heavy atom. The molecule has 10 nitrogen and oxygen atoms in total. The van der Waals surface area contributed by atoms with Crippen molar-refractivity contribution in [1.82, 2.24) is 0 Å². The molecule has 54 heavy (non-hydrogen) atoms. The molecule has 12 fully saturated rings. The maximum Gasteiger partial charge on any atom is 0.441 e. The van der Waals surface area contributed by atoms with Crippen LogP contribution in [0.5, 0.6) is 0 Å². The number of hydrogen-bond donors (Lipinski definition) is 0. The van der Waals surface area contributed by atoms with Crippen LogP contribution in [0.1, 0.15) is 128 Å². The molecule has 12 aliphatic rings. The number of rotatable bonds is 12. The second-order valence-corrected chi connectivity index (χ2v) is 24.3. The van der Waals surface area contributed by atoms with Gasteiger partial charge in [-0.05, 0) is 175 Å². The first-order valence-corrected chi connectivity index (χ1v) is 23.2. The summed E-state index contributed by atoms with van der Waals surface area (Å²) in [5.74, 6) is -4.67. The highest BCUT2D eigenvalue weighted by Gasteiger charge is 2.70. The van der Waals surface area contributed by atoms with Gasteiger partial charge >= 0.3 is 28.4 Å². The van der Waals surface area contributed by atoms with Gasteiger partial charge in [-0.25, -0.2) is 26.4 Å². The summed E-state index contributed by atoms with van der Waals surface area (Å²) in [6.45, 7) is 0. The van der Waals surface area contributed by atoms with Crippen LogP contribution in [-0.2, 0) is 48.3 Å². The third-order valence-corrected chi connectivity index (χ3v) is 20.5. The Kier molecular flexibility index (Phi) is 8.54. The lowest BCUT2D eigenvalue weighted by molar-refractivity contribution is -0.201. The van der Waals surface area contributed by atoms with Crippen molar-refractivity contribution in [3.63, 3.8) is 0 Å². The predicted molar refractivity (Wildman–Crippen MR) is 182 cm³/mol. The molecule has 12 saturated carbocycles. The van der Waals surface area contributed by atoms with E-state index in [1.807, 2.05) is 0 Å². The highest BCUT2D eigenvalue weighted by atomic mass is 32.3. The molecule has 12 aliphatic carbocycles. The van der Waals surface area contributed by atoms with Crippen LogP contribution in [0.4, 0.5) is 17.6 Å². The summed E-state index contributed by atoms with van der Waals surface area (Å²) < 4.78 is 133. The molecule has 0 atom stereocenters. The van der Waals surface area contributed by atoms with Gasteiger partial charge in [0.25, 0.3) is 0 Å². The number of esters is 3. The summed E-state index contributed by atoms with van der Waals surface area (Å²) in [5, 5.41) is -11.2. The lowest BCUT2D eigenvalue weighted by Gasteiger charge is -2.55. The molecule has 12 rings (SSSR count). The van der Waals surface area contributed by atoms with E-state index in [1.165, 1.54) is 0 Å². The zero-order valence-electron chi connectivity index (χ0n) is 30.3. The largest absolute Gasteiger partial charge is 0.459 e. The van der Waals surface area contributed by atoms with Gasteiger partial charge in [-0.1, -0.05) is 0 Å². The van der Waals surface area contributed by atoms with E-state index in [0.29, 0.717) is 37.0 Å². The van der Waals surface area contributed by atoms with Crippen LogP contribution >= 0.6 is 0 Å². The Hall–Kier alpha value is -1.97. The third-order valence-electron chi connectivity index (χ3n) is 15.4. The molecule has 0 amide bonds. The van der Waals surface area contributed by atoms with Crippen molar-refractivity contribution in [1.29, 1.82) is 0 Å². The molecule has 16 heteroatoms. The van der Waals surface area contributed by atoms with Gasteiger partial charge in [0, 0.05) is 6.42 Å². The number of alkyl halides is 4. The van der Waals surface area contributed by atoms with Gasteiger partial charge in [-0.2, -0.15) is 17.6 Å². The Balaban J connectivity index is 0.980. The molecule has 0 unspecified atom stereocenters. The molecule has 0 saturated heterocycles. The van der Waals surface area contributed by atoms with Crippen molar-refractivity contribution < 1.29 is 63.0 Å². The number of carbonyl (C=O) groups excluding carboxylic acids is 3. The van der Waals surface area contributed by atoms with Gasteiger partial charge in [0.2, 0.25) is 19.7 Å². The average molecular weight is 807 g/mol. The van der Waals surface area contributed by atoms with Crippen LogP contribution in [0.15, 0.2) is 0 Å². The summed E-state index contributed by atoms with van der Waals surface area (Å²) >= 11 is 0. The quantitative estimate of drug-likeness (QED) is 0.119. The maximum atomic E-state index is 16.1. The molecule has 302 valence electrons. The second kappa shape index (κ2) is 12.3. The Morgan fingerprint density at radius 1 is 0.481 bits per heavy atom. The fraction of sp³-hybridized carbons (Fsp3) is 0.921. The zero-order valence-corrected chi connectivity index (χ0v) is 32.0. The Labute approximate surface area is 313 Å². The van der Waals surface area contributed by atoms with Crippen molar-refractivity contribution in [2.45, 2.75) is 160 Å². The second-order valence-electron chi connectivity index (χ2n) is 19.6. The number of sulfone groups is 2. The van der Waals surface area contributed by atoms with E-state index in [-0.39, 0.29) is 74.0 Å². The van der Waals surface area contributed by atoms with Crippen LogP contribution in [-0.4, -0.2) is 66.6 Å². The zero-order chi connectivity index (χ0) is 38.3. The normalized spacial score (nSPS) is 43.6.